The van der Waals surface area contributed by atoms with Crippen LogP contribution in [0.1, 0.15) is 19.3 Å². The first kappa shape index (κ1) is 11.2. The van der Waals surface area contributed by atoms with Crippen molar-refractivity contribution in [2.45, 2.75) is 25.3 Å². The molecule has 17 heavy (non-hydrogen) atoms. The number of halogens is 1. The Kier molecular flexibility index (Phi) is 3.16. The molecule has 0 bridgehead atoms. The zero-order valence-electron chi connectivity index (χ0n) is 9.68. The summed E-state index contributed by atoms with van der Waals surface area (Å²) in [6.45, 7) is 2.56. The van der Waals surface area contributed by atoms with Gasteiger partial charge in [-0.25, -0.2) is 9.97 Å². The highest BCUT2D eigenvalue weighted by atomic mass is 35.5. The van der Waals surface area contributed by atoms with E-state index in [-0.39, 0.29) is 0 Å². The number of nitrogens with zero attached hydrogens (tertiary/aromatic N) is 3. The molecule has 92 valence electrons. The first-order valence-corrected chi connectivity index (χ1v) is 6.54. The second-order valence-corrected chi connectivity index (χ2v) is 5.11. The predicted octanol–water partition coefficient (Wildman–Crippen LogP) is 2.14. The molecule has 2 aliphatic rings. The van der Waals surface area contributed by atoms with Gasteiger partial charge in [0.05, 0.1) is 13.2 Å². The average molecular weight is 254 g/mol. The third kappa shape index (κ3) is 2.24. The molecular formula is C12H16ClN3O. The third-order valence-corrected chi connectivity index (χ3v) is 3.95. The van der Waals surface area contributed by atoms with E-state index in [9.17, 15) is 0 Å². The molecule has 1 saturated carbocycles. The Balaban J connectivity index is 1.89. The molecule has 3 rings (SSSR count). The molecule has 0 aromatic carbocycles. The molecule has 2 atom stereocenters. The van der Waals surface area contributed by atoms with Crippen molar-refractivity contribution >= 4 is 17.4 Å². The monoisotopic (exact) mass is 253 g/mol. The van der Waals surface area contributed by atoms with Crippen LogP contribution in [-0.2, 0) is 4.74 Å². The molecule has 2 heterocycles. The van der Waals surface area contributed by atoms with Gasteiger partial charge in [-0.05, 0) is 12.8 Å². The van der Waals surface area contributed by atoms with Crippen LogP contribution in [0.25, 0.3) is 0 Å². The maximum Gasteiger partial charge on any atom is 0.134 e. The molecule has 1 saturated heterocycles. The van der Waals surface area contributed by atoms with Crippen molar-refractivity contribution in [3.8, 4) is 0 Å². The molecule has 1 aromatic heterocycles. The number of aromatic nitrogens is 2. The SMILES string of the molecule is Clc1cc(N2CCOC[C@H]3CCC[C@H]32)ncn1. The summed E-state index contributed by atoms with van der Waals surface area (Å²) >= 11 is 5.94. The lowest BCUT2D eigenvalue weighted by atomic mass is 10.0. The van der Waals surface area contributed by atoms with Crippen molar-refractivity contribution in [3.05, 3.63) is 17.5 Å². The van der Waals surface area contributed by atoms with Gasteiger partial charge in [0.25, 0.3) is 0 Å². The smallest absolute Gasteiger partial charge is 0.134 e. The van der Waals surface area contributed by atoms with Gasteiger partial charge in [-0.15, -0.1) is 0 Å². The zero-order valence-corrected chi connectivity index (χ0v) is 10.4. The molecule has 0 spiro atoms. The lowest BCUT2D eigenvalue weighted by Crippen LogP contribution is -2.38. The highest BCUT2D eigenvalue weighted by molar-refractivity contribution is 6.29. The minimum Gasteiger partial charge on any atom is -0.379 e. The van der Waals surface area contributed by atoms with Gasteiger partial charge < -0.3 is 9.64 Å². The lowest BCUT2D eigenvalue weighted by molar-refractivity contribution is 0.121. The minimum absolute atomic E-state index is 0.509. The lowest BCUT2D eigenvalue weighted by Gasteiger charge is -2.30. The predicted molar refractivity (Wildman–Crippen MR) is 66.3 cm³/mol. The fourth-order valence-electron chi connectivity index (χ4n) is 2.95. The minimum atomic E-state index is 0.509. The molecule has 0 radical (unpaired) electrons. The van der Waals surface area contributed by atoms with E-state index in [2.05, 4.69) is 14.9 Å². The van der Waals surface area contributed by atoms with E-state index in [1.54, 1.807) is 0 Å². The maximum absolute atomic E-state index is 5.94. The molecule has 1 aliphatic carbocycles. The second-order valence-electron chi connectivity index (χ2n) is 4.73. The van der Waals surface area contributed by atoms with Gasteiger partial charge in [0.1, 0.15) is 17.3 Å². The molecule has 5 heteroatoms. The van der Waals surface area contributed by atoms with E-state index in [4.69, 9.17) is 16.3 Å². The van der Waals surface area contributed by atoms with Crippen LogP contribution in [-0.4, -0.2) is 35.8 Å². The van der Waals surface area contributed by atoms with Crippen LogP contribution < -0.4 is 4.90 Å². The number of rotatable bonds is 1. The zero-order chi connectivity index (χ0) is 11.7. The van der Waals surface area contributed by atoms with E-state index in [1.165, 1.54) is 25.6 Å². The van der Waals surface area contributed by atoms with Crippen molar-refractivity contribution in [3.63, 3.8) is 0 Å². The fraction of sp³-hybridized carbons (Fsp3) is 0.667. The summed E-state index contributed by atoms with van der Waals surface area (Å²) in [4.78, 5) is 10.6. The van der Waals surface area contributed by atoms with Gasteiger partial charge in [0, 0.05) is 24.6 Å². The van der Waals surface area contributed by atoms with Gasteiger partial charge in [0.15, 0.2) is 0 Å². The van der Waals surface area contributed by atoms with Gasteiger partial charge in [-0.2, -0.15) is 0 Å². The Morgan fingerprint density at radius 1 is 1.35 bits per heavy atom. The molecule has 0 N–H and O–H groups in total. The van der Waals surface area contributed by atoms with Crippen molar-refractivity contribution in [1.82, 2.24) is 9.97 Å². The molecule has 0 amide bonds. The van der Waals surface area contributed by atoms with E-state index < -0.39 is 0 Å². The van der Waals surface area contributed by atoms with Gasteiger partial charge >= 0.3 is 0 Å². The first-order chi connectivity index (χ1) is 8.34. The molecular weight excluding hydrogens is 238 g/mol. The van der Waals surface area contributed by atoms with E-state index in [1.807, 2.05) is 6.07 Å². The van der Waals surface area contributed by atoms with E-state index in [0.29, 0.717) is 17.1 Å². The van der Waals surface area contributed by atoms with Crippen LogP contribution in [0.2, 0.25) is 5.15 Å². The van der Waals surface area contributed by atoms with E-state index in [0.717, 1.165) is 25.6 Å². The number of hydrogen-bond acceptors (Lipinski definition) is 4. The van der Waals surface area contributed by atoms with Crippen molar-refractivity contribution in [2.24, 2.45) is 5.92 Å². The van der Waals surface area contributed by atoms with Gasteiger partial charge in [0.2, 0.25) is 0 Å². The Morgan fingerprint density at radius 3 is 3.18 bits per heavy atom. The average Bonchev–Trinajstić information content (AvgIpc) is 2.69. The van der Waals surface area contributed by atoms with Crippen LogP contribution in [0.3, 0.4) is 0 Å². The normalized spacial score (nSPS) is 28.9. The fourth-order valence-corrected chi connectivity index (χ4v) is 3.09. The number of ether oxygens (including phenoxy) is 1. The van der Waals surface area contributed by atoms with Crippen molar-refractivity contribution in [1.29, 1.82) is 0 Å². The number of anilines is 1. The maximum atomic E-state index is 5.94. The quantitative estimate of drug-likeness (QED) is 0.719. The second kappa shape index (κ2) is 4.78. The Hall–Kier alpha value is -0.870. The van der Waals surface area contributed by atoms with Crippen LogP contribution in [0.15, 0.2) is 12.4 Å². The summed E-state index contributed by atoms with van der Waals surface area (Å²) in [5.41, 5.74) is 0. The molecule has 1 aliphatic heterocycles. The summed E-state index contributed by atoms with van der Waals surface area (Å²) in [6, 6.07) is 2.41. The highest BCUT2D eigenvalue weighted by Gasteiger charge is 2.34. The van der Waals surface area contributed by atoms with Crippen LogP contribution >= 0.6 is 11.6 Å². The molecule has 0 unspecified atom stereocenters. The molecule has 2 fully saturated rings. The molecule has 4 nitrogen and oxygen atoms in total. The summed E-state index contributed by atoms with van der Waals surface area (Å²) < 4.78 is 5.67. The van der Waals surface area contributed by atoms with Gasteiger partial charge in [-0.3, -0.25) is 0 Å². The Labute approximate surface area is 106 Å². The topological polar surface area (TPSA) is 38.2 Å². The summed E-state index contributed by atoms with van der Waals surface area (Å²) in [5.74, 6) is 1.58. The van der Waals surface area contributed by atoms with Crippen molar-refractivity contribution < 1.29 is 4.74 Å². The Morgan fingerprint density at radius 2 is 2.29 bits per heavy atom. The van der Waals surface area contributed by atoms with Gasteiger partial charge in [-0.1, -0.05) is 18.0 Å². The van der Waals surface area contributed by atoms with E-state index >= 15 is 0 Å². The summed E-state index contributed by atoms with van der Waals surface area (Å²) in [5, 5.41) is 0.509. The first-order valence-electron chi connectivity index (χ1n) is 6.16. The summed E-state index contributed by atoms with van der Waals surface area (Å²) in [7, 11) is 0. The number of hydrogen-bond donors (Lipinski definition) is 0. The third-order valence-electron chi connectivity index (χ3n) is 3.74. The standard InChI is InChI=1S/C12H16ClN3O/c13-11-6-12(15-8-14-11)16-4-5-17-7-9-2-1-3-10(9)16/h6,8-10H,1-5,7H2/t9-,10-/m1/s1. The highest BCUT2D eigenvalue weighted by Crippen LogP contribution is 2.34. The Bertz CT molecular complexity index is 401. The largest absolute Gasteiger partial charge is 0.379 e. The number of fused-ring (bicyclic) bond motifs is 1. The van der Waals surface area contributed by atoms with Crippen LogP contribution in [0.5, 0.6) is 0 Å². The molecule has 1 aromatic rings. The van der Waals surface area contributed by atoms with Crippen molar-refractivity contribution in [2.75, 3.05) is 24.7 Å². The van der Waals surface area contributed by atoms with Crippen LogP contribution in [0.4, 0.5) is 5.82 Å². The van der Waals surface area contributed by atoms with Crippen LogP contribution in [0, 0.1) is 5.92 Å². The summed E-state index contributed by atoms with van der Waals surface area (Å²) in [6.07, 6.45) is 5.32.